The van der Waals surface area contributed by atoms with Crippen molar-refractivity contribution in [3.05, 3.63) is 28.3 Å². The zero-order valence-electron chi connectivity index (χ0n) is 8.16. The molecule has 0 aliphatic heterocycles. The Hall–Kier alpha value is -1.26. The summed E-state index contributed by atoms with van der Waals surface area (Å²) in [4.78, 5) is 10.5. The van der Waals surface area contributed by atoms with Crippen molar-refractivity contribution >= 4 is 17.6 Å². The molecule has 0 saturated carbocycles. The monoisotopic (exact) mass is 230 g/mol. The van der Waals surface area contributed by atoms with Gasteiger partial charge in [-0.15, -0.1) is 0 Å². The van der Waals surface area contributed by atoms with E-state index >= 15 is 0 Å². The minimum atomic E-state index is -1.02. The molecule has 82 valence electrons. The van der Waals surface area contributed by atoms with E-state index in [9.17, 15) is 9.90 Å². The van der Waals surface area contributed by atoms with Crippen molar-refractivity contribution in [2.24, 2.45) is 0 Å². The Morgan fingerprint density at radius 2 is 2.07 bits per heavy atom. The highest BCUT2D eigenvalue weighted by atomic mass is 35.5. The fourth-order valence-electron chi connectivity index (χ4n) is 1.28. The van der Waals surface area contributed by atoms with E-state index in [-0.39, 0.29) is 18.8 Å². The first-order valence-corrected chi connectivity index (χ1v) is 4.63. The number of hydrogen-bond donors (Lipinski definition) is 2. The van der Waals surface area contributed by atoms with Crippen LogP contribution in [0.2, 0.25) is 5.02 Å². The number of rotatable bonds is 4. The Morgan fingerprint density at radius 3 is 2.60 bits per heavy atom. The first-order valence-electron chi connectivity index (χ1n) is 4.25. The van der Waals surface area contributed by atoms with Crippen LogP contribution in [0, 0.1) is 0 Å². The molecule has 0 saturated heterocycles. The van der Waals surface area contributed by atoms with Crippen LogP contribution in [0.25, 0.3) is 0 Å². The van der Waals surface area contributed by atoms with Gasteiger partial charge < -0.3 is 14.9 Å². The molecular weight excluding hydrogens is 220 g/mol. The lowest BCUT2D eigenvalue weighted by atomic mass is 10.1. The zero-order chi connectivity index (χ0) is 11.4. The summed E-state index contributed by atoms with van der Waals surface area (Å²) in [5.41, 5.74) is 0.781. The fourth-order valence-corrected chi connectivity index (χ4v) is 1.54. The molecule has 1 aromatic carbocycles. The Morgan fingerprint density at radius 1 is 1.47 bits per heavy atom. The van der Waals surface area contributed by atoms with Crippen LogP contribution in [-0.2, 0) is 22.6 Å². The number of aromatic hydroxyl groups is 1. The van der Waals surface area contributed by atoms with Gasteiger partial charge in [-0.2, -0.15) is 0 Å². The van der Waals surface area contributed by atoms with Gasteiger partial charge in [-0.1, -0.05) is 11.6 Å². The van der Waals surface area contributed by atoms with Crippen molar-refractivity contribution in [1.29, 1.82) is 0 Å². The normalized spacial score (nSPS) is 10.3. The van der Waals surface area contributed by atoms with Crippen LogP contribution in [0.4, 0.5) is 0 Å². The summed E-state index contributed by atoms with van der Waals surface area (Å²) >= 11 is 5.78. The number of carboxylic acid groups (broad SMARTS) is 1. The third-order valence-corrected chi connectivity index (χ3v) is 2.09. The number of carboxylic acids is 1. The number of benzene rings is 1. The lowest BCUT2D eigenvalue weighted by Crippen LogP contribution is -2.02. The predicted molar refractivity (Wildman–Crippen MR) is 55.2 cm³/mol. The highest BCUT2D eigenvalue weighted by molar-refractivity contribution is 6.30. The van der Waals surface area contributed by atoms with E-state index in [1.54, 1.807) is 6.07 Å². The van der Waals surface area contributed by atoms with E-state index in [0.717, 1.165) is 0 Å². The number of phenols is 1. The average molecular weight is 231 g/mol. The minimum absolute atomic E-state index is 0.0661. The third kappa shape index (κ3) is 3.11. The van der Waals surface area contributed by atoms with Crippen molar-refractivity contribution in [2.45, 2.75) is 13.0 Å². The summed E-state index contributed by atoms with van der Waals surface area (Å²) in [7, 11) is 1.48. The maximum atomic E-state index is 10.5. The van der Waals surface area contributed by atoms with E-state index in [1.165, 1.54) is 13.2 Å². The Labute approximate surface area is 92.1 Å². The molecule has 0 aliphatic carbocycles. The number of phenolic OH excluding ortho intramolecular Hbond substituents is 1. The van der Waals surface area contributed by atoms with E-state index in [4.69, 9.17) is 21.4 Å². The Bertz CT molecular complexity index is 376. The number of ether oxygens (including phenoxy) is 1. The van der Waals surface area contributed by atoms with Crippen LogP contribution in [0.15, 0.2) is 12.1 Å². The van der Waals surface area contributed by atoms with Gasteiger partial charge in [0.25, 0.3) is 0 Å². The van der Waals surface area contributed by atoms with Crippen molar-refractivity contribution in [3.8, 4) is 5.75 Å². The van der Waals surface area contributed by atoms with Gasteiger partial charge in [0, 0.05) is 23.3 Å². The number of aliphatic carboxylic acids is 1. The first kappa shape index (κ1) is 11.8. The molecule has 2 N–H and O–H groups in total. The second kappa shape index (κ2) is 5.00. The molecule has 0 fully saturated rings. The van der Waals surface area contributed by atoms with Crippen molar-refractivity contribution in [2.75, 3.05) is 7.11 Å². The predicted octanol–water partition coefficient (Wildman–Crippen LogP) is 1.82. The summed E-state index contributed by atoms with van der Waals surface area (Å²) in [6.45, 7) is 0.193. The Balaban J connectivity index is 3.09. The van der Waals surface area contributed by atoms with Gasteiger partial charge in [0.2, 0.25) is 0 Å². The number of hydrogen-bond acceptors (Lipinski definition) is 3. The standard InChI is InChI=1S/C10H11ClO4/c1-15-5-7-3-8(11)2-6(10(7)14)4-9(12)13/h2-3,14H,4-5H2,1H3,(H,12,13). The van der Waals surface area contributed by atoms with E-state index < -0.39 is 5.97 Å². The van der Waals surface area contributed by atoms with Gasteiger partial charge in [-0.05, 0) is 12.1 Å². The highest BCUT2D eigenvalue weighted by Gasteiger charge is 2.11. The number of methoxy groups -OCH3 is 1. The van der Waals surface area contributed by atoms with Gasteiger partial charge in [0.1, 0.15) is 5.75 Å². The molecule has 0 amide bonds. The topological polar surface area (TPSA) is 66.8 Å². The Kier molecular flexibility index (Phi) is 3.94. The van der Waals surface area contributed by atoms with Crippen LogP contribution in [0.1, 0.15) is 11.1 Å². The van der Waals surface area contributed by atoms with E-state index in [2.05, 4.69) is 0 Å². The molecule has 0 aromatic heterocycles. The second-order valence-corrected chi connectivity index (χ2v) is 3.51. The smallest absolute Gasteiger partial charge is 0.307 e. The third-order valence-electron chi connectivity index (χ3n) is 1.87. The summed E-state index contributed by atoms with van der Waals surface area (Å²) in [6, 6.07) is 2.98. The second-order valence-electron chi connectivity index (χ2n) is 3.08. The molecule has 1 rings (SSSR count). The summed E-state index contributed by atoms with van der Waals surface area (Å²) < 4.78 is 4.86. The molecule has 0 spiro atoms. The van der Waals surface area contributed by atoms with Gasteiger partial charge in [0.05, 0.1) is 13.0 Å². The average Bonchev–Trinajstić information content (AvgIpc) is 2.12. The lowest BCUT2D eigenvalue weighted by molar-refractivity contribution is -0.136. The van der Waals surface area contributed by atoms with E-state index in [0.29, 0.717) is 16.1 Å². The molecule has 0 bridgehead atoms. The van der Waals surface area contributed by atoms with Crippen LogP contribution in [-0.4, -0.2) is 23.3 Å². The van der Waals surface area contributed by atoms with Gasteiger partial charge in [-0.3, -0.25) is 4.79 Å². The number of carbonyl (C=O) groups is 1. The fraction of sp³-hybridized carbons (Fsp3) is 0.300. The molecule has 0 radical (unpaired) electrons. The molecule has 0 unspecified atom stereocenters. The van der Waals surface area contributed by atoms with Gasteiger partial charge in [0.15, 0.2) is 0 Å². The summed E-state index contributed by atoms with van der Waals surface area (Å²) in [5, 5.41) is 18.7. The lowest BCUT2D eigenvalue weighted by Gasteiger charge is -2.08. The molecule has 0 aliphatic rings. The maximum Gasteiger partial charge on any atom is 0.307 e. The highest BCUT2D eigenvalue weighted by Crippen LogP contribution is 2.28. The number of halogens is 1. The van der Waals surface area contributed by atoms with Crippen LogP contribution >= 0.6 is 11.6 Å². The SMILES string of the molecule is COCc1cc(Cl)cc(CC(=O)O)c1O. The maximum absolute atomic E-state index is 10.5. The van der Waals surface area contributed by atoms with Gasteiger partial charge >= 0.3 is 5.97 Å². The molecule has 1 aromatic rings. The van der Waals surface area contributed by atoms with Crippen molar-refractivity contribution < 1.29 is 19.7 Å². The summed E-state index contributed by atoms with van der Waals surface area (Å²) in [5.74, 6) is -1.08. The summed E-state index contributed by atoms with van der Waals surface area (Å²) in [6.07, 6.45) is -0.261. The van der Waals surface area contributed by atoms with Gasteiger partial charge in [-0.25, -0.2) is 0 Å². The molecule has 5 heteroatoms. The largest absolute Gasteiger partial charge is 0.507 e. The molecule has 0 atom stereocenters. The van der Waals surface area contributed by atoms with Crippen LogP contribution < -0.4 is 0 Å². The first-order chi connectivity index (χ1) is 7.04. The quantitative estimate of drug-likeness (QED) is 0.828. The van der Waals surface area contributed by atoms with Crippen LogP contribution in [0.5, 0.6) is 5.75 Å². The van der Waals surface area contributed by atoms with Crippen LogP contribution in [0.3, 0.4) is 0 Å². The van der Waals surface area contributed by atoms with Crippen molar-refractivity contribution in [3.63, 3.8) is 0 Å². The molecule has 15 heavy (non-hydrogen) atoms. The van der Waals surface area contributed by atoms with E-state index in [1.807, 2.05) is 0 Å². The molecular formula is C10H11ClO4. The minimum Gasteiger partial charge on any atom is -0.507 e. The molecule has 0 heterocycles. The zero-order valence-corrected chi connectivity index (χ0v) is 8.91. The van der Waals surface area contributed by atoms with Crippen molar-refractivity contribution in [1.82, 2.24) is 0 Å². The molecule has 4 nitrogen and oxygen atoms in total.